The van der Waals surface area contributed by atoms with E-state index in [9.17, 15) is 19.8 Å². The fourth-order valence-corrected chi connectivity index (χ4v) is 2.07. The van der Waals surface area contributed by atoms with Crippen molar-refractivity contribution in [3.05, 3.63) is 24.3 Å². The Morgan fingerprint density at radius 2 is 2.06 bits per heavy atom. The maximum absolute atomic E-state index is 11.6. The summed E-state index contributed by atoms with van der Waals surface area (Å²) < 4.78 is 0. The quantitative estimate of drug-likeness (QED) is 0.435. The average Bonchev–Trinajstić information content (AvgIpc) is 2.36. The Labute approximate surface area is 107 Å². The first-order valence-electron chi connectivity index (χ1n) is 6.30. The van der Waals surface area contributed by atoms with Gasteiger partial charge in [-0.25, -0.2) is 0 Å². The summed E-state index contributed by atoms with van der Waals surface area (Å²) in [4.78, 5) is 22.5. The molecule has 0 aromatic carbocycles. The Morgan fingerprint density at radius 1 is 1.33 bits per heavy atom. The van der Waals surface area contributed by atoms with Crippen molar-refractivity contribution in [2.45, 2.75) is 38.4 Å². The van der Waals surface area contributed by atoms with Gasteiger partial charge < -0.3 is 15.0 Å². The molecule has 1 fully saturated rings. The molecule has 1 unspecified atom stereocenters. The molecule has 0 saturated heterocycles. The third-order valence-electron chi connectivity index (χ3n) is 3.17. The standard InChI is InChI=1S/C14H20O4/c1-2-3-4-5-6-7-10-8-12(16)14(18)13(17)11(10)9-15/h4-7,9-12,14,16,18H,2-3,8H2,1H3/t10?,11-,12+,14+/m0/s1. The molecule has 4 nitrogen and oxygen atoms in total. The molecule has 1 aliphatic rings. The molecule has 0 heterocycles. The Kier molecular flexibility index (Phi) is 5.95. The van der Waals surface area contributed by atoms with Gasteiger partial charge >= 0.3 is 0 Å². The van der Waals surface area contributed by atoms with Crippen molar-refractivity contribution in [3.63, 3.8) is 0 Å². The highest BCUT2D eigenvalue weighted by Gasteiger charge is 2.41. The van der Waals surface area contributed by atoms with Crippen LogP contribution in [0.2, 0.25) is 0 Å². The number of aliphatic hydroxyl groups excluding tert-OH is 2. The second-order valence-corrected chi connectivity index (χ2v) is 4.58. The van der Waals surface area contributed by atoms with Gasteiger partial charge in [0, 0.05) is 0 Å². The van der Waals surface area contributed by atoms with Crippen LogP contribution in [0.3, 0.4) is 0 Å². The number of rotatable bonds is 5. The maximum Gasteiger partial charge on any atom is 0.174 e. The van der Waals surface area contributed by atoms with Crippen LogP contribution in [0.1, 0.15) is 26.2 Å². The van der Waals surface area contributed by atoms with Crippen LogP contribution in [0.5, 0.6) is 0 Å². The van der Waals surface area contributed by atoms with E-state index in [4.69, 9.17) is 0 Å². The monoisotopic (exact) mass is 252 g/mol. The zero-order valence-corrected chi connectivity index (χ0v) is 10.5. The van der Waals surface area contributed by atoms with Crippen molar-refractivity contribution in [2.24, 2.45) is 11.8 Å². The van der Waals surface area contributed by atoms with Gasteiger partial charge in [0.05, 0.1) is 12.0 Å². The van der Waals surface area contributed by atoms with Gasteiger partial charge in [-0.1, -0.05) is 37.6 Å². The number of aldehydes is 1. The SMILES string of the molecule is CCCC=CC=CC1C[C@@H](O)[C@@H](O)C(=O)[C@H]1C=O. The number of unbranched alkanes of at least 4 members (excludes halogenated alkanes) is 1. The molecular weight excluding hydrogens is 232 g/mol. The molecule has 18 heavy (non-hydrogen) atoms. The Morgan fingerprint density at radius 3 is 2.67 bits per heavy atom. The van der Waals surface area contributed by atoms with E-state index in [0.29, 0.717) is 6.29 Å². The lowest BCUT2D eigenvalue weighted by atomic mass is 9.76. The van der Waals surface area contributed by atoms with Crippen LogP contribution in [0, 0.1) is 11.8 Å². The highest BCUT2D eigenvalue weighted by atomic mass is 16.3. The number of carbonyl (C=O) groups is 2. The molecule has 0 spiro atoms. The molecular formula is C14H20O4. The molecule has 0 aliphatic heterocycles. The smallest absolute Gasteiger partial charge is 0.174 e. The van der Waals surface area contributed by atoms with E-state index in [-0.39, 0.29) is 12.3 Å². The number of aliphatic hydroxyl groups is 2. The van der Waals surface area contributed by atoms with Crippen LogP contribution < -0.4 is 0 Å². The molecule has 0 amide bonds. The molecule has 1 saturated carbocycles. The van der Waals surface area contributed by atoms with Gasteiger partial charge in [-0.3, -0.25) is 4.79 Å². The molecule has 2 N–H and O–H groups in total. The van der Waals surface area contributed by atoms with Crippen LogP contribution in [-0.4, -0.2) is 34.5 Å². The van der Waals surface area contributed by atoms with E-state index < -0.39 is 23.9 Å². The second-order valence-electron chi connectivity index (χ2n) is 4.58. The van der Waals surface area contributed by atoms with E-state index >= 15 is 0 Å². The zero-order chi connectivity index (χ0) is 13.5. The molecule has 0 bridgehead atoms. The van der Waals surface area contributed by atoms with Crippen LogP contribution in [0.25, 0.3) is 0 Å². The molecule has 100 valence electrons. The fraction of sp³-hybridized carbons (Fsp3) is 0.571. The average molecular weight is 252 g/mol. The molecule has 4 atom stereocenters. The van der Waals surface area contributed by atoms with Crippen LogP contribution >= 0.6 is 0 Å². The van der Waals surface area contributed by atoms with Gasteiger partial charge in [-0.15, -0.1) is 0 Å². The highest BCUT2D eigenvalue weighted by molar-refractivity contribution is 5.97. The normalized spacial score (nSPS) is 33.4. The van der Waals surface area contributed by atoms with Crippen molar-refractivity contribution < 1.29 is 19.8 Å². The summed E-state index contributed by atoms with van der Waals surface area (Å²) >= 11 is 0. The topological polar surface area (TPSA) is 74.6 Å². The lowest BCUT2D eigenvalue weighted by Gasteiger charge is -2.31. The number of hydrogen-bond donors (Lipinski definition) is 2. The fourth-order valence-electron chi connectivity index (χ4n) is 2.07. The van der Waals surface area contributed by atoms with E-state index in [2.05, 4.69) is 6.92 Å². The predicted molar refractivity (Wildman–Crippen MR) is 67.9 cm³/mol. The third-order valence-corrected chi connectivity index (χ3v) is 3.17. The van der Waals surface area contributed by atoms with Gasteiger partial charge in [0.25, 0.3) is 0 Å². The number of allylic oxidation sites excluding steroid dienone is 4. The maximum atomic E-state index is 11.6. The van der Waals surface area contributed by atoms with Gasteiger partial charge in [0.15, 0.2) is 5.78 Å². The summed E-state index contributed by atoms with van der Waals surface area (Å²) in [6.07, 6.45) is 7.72. The predicted octanol–water partition coefficient (Wildman–Crippen LogP) is 1.02. The zero-order valence-electron chi connectivity index (χ0n) is 10.5. The number of ketones is 1. The van der Waals surface area contributed by atoms with Crippen molar-refractivity contribution >= 4 is 12.1 Å². The minimum atomic E-state index is -1.43. The van der Waals surface area contributed by atoms with Gasteiger partial charge in [0.1, 0.15) is 12.4 Å². The summed E-state index contributed by atoms with van der Waals surface area (Å²) in [7, 11) is 0. The van der Waals surface area contributed by atoms with Crippen molar-refractivity contribution in [2.75, 3.05) is 0 Å². The molecule has 1 rings (SSSR count). The van der Waals surface area contributed by atoms with E-state index in [0.717, 1.165) is 12.8 Å². The summed E-state index contributed by atoms with van der Waals surface area (Å²) in [6, 6.07) is 0. The first kappa shape index (κ1) is 14.8. The van der Waals surface area contributed by atoms with E-state index in [1.165, 1.54) is 0 Å². The first-order chi connectivity index (χ1) is 8.61. The number of carbonyl (C=O) groups excluding carboxylic acids is 2. The van der Waals surface area contributed by atoms with Crippen molar-refractivity contribution in [1.29, 1.82) is 0 Å². The highest BCUT2D eigenvalue weighted by Crippen LogP contribution is 2.28. The van der Waals surface area contributed by atoms with Crippen LogP contribution in [0.15, 0.2) is 24.3 Å². The number of Topliss-reactive ketones (excluding diaryl/α,β-unsaturated/α-hetero) is 1. The minimum Gasteiger partial charge on any atom is -0.390 e. The van der Waals surface area contributed by atoms with Gasteiger partial charge in [-0.05, 0) is 18.8 Å². The summed E-state index contributed by atoms with van der Waals surface area (Å²) in [6.45, 7) is 2.08. The summed E-state index contributed by atoms with van der Waals surface area (Å²) in [5.41, 5.74) is 0. The Bertz CT molecular complexity index is 346. The second kappa shape index (κ2) is 7.24. The largest absolute Gasteiger partial charge is 0.390 e. The van der Waals surface area contributed by atoms with Crippen molar-refractivity contribution in [3.8, 4) is 0 Å². The van der Waals surface area contributed by atoms with Crippen molar-refractivity contribution in [1.82, 2.24) is 0 Å². The molecule has 0 aromatic heterocycles. The lowest BCUT2D eigenvalue weighted by molar-refractivity contribution is -0.146. The third kappa shape index (κ3) is 3.62. The van der Waals surface area contributed by atoms with Gasteiger partial charge in [0.2, 0.25) is 0 Å². The minimum absolute atomic E-state index is 0.231. The van der Waals surface area contributed by atoms with E-state index in [1.54, 1.807) is 12.2 Å². The molecule has 4 heteroatoms. The van der Waals surface area contributed by atoms with Gasteiger partial charge in [-0.2, -0.15) is 0 Å². The Balaban J connectivity index is 2.68. The summed E-state index contributed by atoms with van der Waals surface area (Å²) in [5.74, 6) is -1.77. The number of hydrogen-bond acceptors (Lipinski definition) is 4. The lowest BCUT2D eigenvalue weighted by Crippen LogP contribution is -2.47. The van der Waals surface area contributed by atoms with Crippen LogP contribution in [-0.2, 0) is 9.59 Å². The molecule has 0 aromatic rings. The molecule has 0 radical (unpaired) electrons. The summed E-state index contributed by atoms with van der Waals surface area (Å²) in [5, 5.41) is 18.9. The van der Waals surface area contributed by atoms with E-state index in [1.807, 2.05) is 12.2 Å². The molecule has 1 aliphatic carbocycles. The first-order valence-corrected chi connectivity index (χ1v) is 6.30. The van der Waals surface area contributed by atoms with Crippen LogP contribution in [0.4, 0.5) is 0 Å². The Hall–Kier alpha value is -1.26.